The summed E-state index contributed by atoms with van der Waals surface area (Å²) >= 11 is 20.2. The Morgan fingerprint density at radius 3 is 2.20 bits per heavy atom. The SMILES string of the molecule is N=C(N)SCC(CSCCS)SCC(CS)SCCS. The van der Waals surface area contributed by atoms with Crippen LogP contribution in [0.3, 0.4) is 0 Å². The van der Waals surface area contributed by atoms with E-state index in [1.807, 2.05) is 35.3 Å². The second-order valence-electron chi connectivity index (χ2n) is 3.83. The number of thioether (sulfide) groups is 4. The first-order valence-electron chi connectivity index (χ1n) is 6.24. The van der Waals surface area contributed by atoms with Gasteiger partial charge in [-0.25, -0.2) is 0 Å². The summed E-state index contributed by atoms with van der Waals surface area (Å²) in [4.78, 5) is 0. The van der Waals surface area contributed by atoms with Gasteiger partial charge in [-0.15, -0.1) is 0 Å². The standard InChI is InChI=1S/C11H24N2S7/c12-11(13)20-8-10(6-17-3-1-14)19-7-9(5-16)18-4-2-15/h9-10,14-16H,1-8H2,(H3,12,13). The van der Waals surface area contributed by atoms with Crippen molar-refractivity contribution in [1.29, 1.82) is 5.41 Å². The van der Waals surface area contributed by atoms with E-state index in [2.05, 4.69) is 37.9 Å². The molecule has 3 N–H and O–H groups in total. The van der Waals surface area contributed by atoms with Crippen molar-refractivity contribution < 1.29 is 0 Å². The minimum atomic E-state index is 0.213. The molecule has 0 saturated carbocycles. The molecular formula is C11H24N2S7. The molecule has 0 fully saturated rings. The molecule has 9 heteroatoms. The Morgan fingerprint density at radius 2 is 1.65 bits per heavy atom. The van der Waals surface area contributed by atoms with Crippen molar-refractivity contribution in [2.75, 3.05) is 46.0 Å². The van der Waals surface area contributed by atoms with Crippen LogP contribution in [0.25, 0.3) is 0 Å². The molecule has 0 amide bonds. The molecule has 0 spiro atoms. The molecule has 0 heterocycles. The third-order valence-electron chi connectivity index (χ3n) is 2.13. The van der Waals surface area contributed by atoms with Crippen LogP contribution in [0.15, 0.2) is 0 Å². The summed E-state index contributed by atoms with van der Waals surface area (Å²) in [6.45, 7) is 0. The Balaban J connectivity index is 4.06. The molecule has 0 bridgehead atoms. The molecule has 120 valence electrons. The lowest BCUT2D eigenvalue weighted by atomic mass is 10.5. The summed E-state index contributed by atoms with van der Waals surface area (Å²) in [5.41, 5.74) is 5.44. The first-order chi connectivity index (χ1) is 9.63. The van der Waals surface area contributed by atoms with E-state index in [0.717, 1.165) is 46.0 Å². The maximum absolute atomic E-state index is 7.33. The zero-order valence-electron chi connectivity index (χ0n) is 11.4. The Morgan fingerprint density at radius 1 is 0.950 bits per heavy atom. The van der Waals surface area contributed by atoms with Crippen LogP contribution in [0.5, 0.6) is 0 Å². The summed E-state index contributed by atoms with van der Waals surface area (Å²) in [5.74, 6) is 8.01. The molecule has 2 atom stereocenters. The second-order valence-corrected chi connectivity index (χ2v) is 10.0. The van der Waals surface area contributed by atoms with E-state index in [0.29, 0.717) is 10.5 Å². The minimum Gasteiger partial charge on any atom is -0.379 e. The molecule has 0 aliphatic carbocycles. The van der Waals surface area contributed by atoms with Gasteiger partial charge in [-0.3, -0.25) is 5.41 Å². The molecule has 0 aromatic rings. The molecule has 0 aromatic heterocycles. The van der Waals surface area contributed by atoms with Crippen LogP contribution in [0, 0.1) is 5.41 Å². The summed E-state index contributed by atoms with van der Waals surface area (Å²) < 4.78 is 0. The van der Waals surface area contributed by atoms with Gasteiger partial charge < -0.3 is 5.73 Å². The van der Waals surface area contributed by atoms with Crippen molar-refractivity contribution >= 4 is 90.1 Å². The van der Waals surface area contributed by atoms with E-state index in [1.54, 1.807) is 0 Å². The smallest absolute Gasteiger partial charge is 0.151 e. The summed E-state index contributed by atoms with van der Waals surface area (Å²) in [5, 5.41) is 8.66. The lowest BCUT2D eigenvalue weighted by Crippen LogP contribution is -2.19. The highest BCUT2D eigenvalue weighted by Gasteiger charge is 2.14. The van der Waals surface area contributed by atoms with Crippen LogP contribution in [-0.4, -0.2) is 61.7 Å². The number of hydrogen-bond acceptors (Lipinski definition) is 8. The van der Waals surface area contributed by atoms with E-state index < -0.39 is 0 Å². The topological polar surface area (TPSA) is 49.9 Å². The molecule has 20 heavy (non-hydrogen) atoms. The maximum atomic E-state index is 7.33. The van der Waals surface area contributed by atoms with Crippen LogP contribution in [0.4, 0.5) is 0 Å². The van der Waals surface area contributed by atoms with Crippen LogP contribution < -0.4 is 5.73 Å². The molecule has 0 aromatic carbocycles. The molecule has 0 aliphatic heterocycles. The van der Waals surface area contributed by atoms with Crippen LogP contribution in [0.1, 0.15) is 0 Å². The first-order valence-corrected chi connectivity index (χ1v) is 12.4. The Bertz CT molecular complexity index is 243. The zero-order chi connectivity index (χ0) is 15.2. The molecule has 2 unspecified atom stereocenters. The van der Waals surface area contributed by atoms with Gasteiger partial charge in [0.05, 0.1) is 0 Å². The van der Waals surface area contributed by atoms with E-state index in [4.69, 9.17) is 11.1 Å². The van der Waals surface area contributed by atoms with E-state index in [9.17, 15) is 0 Å². The zero-order valence-corrected chi connectivity index (χ0v) is 17.3. The Hall–Kier alpha value is 1.92. The van der Waals surface area contributed by atoms with Gasteiger partial charge in [-0.1, -0.05) is 11.8 Å². The minimum absolute atomic E-state index is 0.213. The van der Waals surface area contributed by atoms with Crippen LogP contribution >= 0.6 is 84.9 Å². The Kier molecular flexibility index (Phi) is 17.3. The van der Waals surface area contributed by atoms with Crippen molar-refractivity contribution in [2.45, 2.75) is 10.5 Å². The number of nitrogens with one attached hydrogen (secondary N) is 1. The van der Waals surface area contributed by atoms with Gasteiger partial charge in [0, 0.05) is 45.0 Å². The fourth-order valence-electron chi connectivity index (χ4n) is 1.22. The quantitative estimate of drug-likeness (QED) is 0.140. The van der Waals surface area contributed by atoms with Crippen molar-refractivity contribution in [3.05, 3.63) is 0 Å². The summed E-state index contributed by atoms with van der Waals surface area (Å²) in [6.07, 6.45) is 0. The van der Waals surface area contributed by atoms with Gasteiger partial charge in [0.2, 0.25) is 0 Å². The van der Waals surface area contributed by atoms with E-state index >= 15 is 0 Å². The molecular weight excluding hydrogens is 385 g/mol. The number of rotatable bonds is 13. The van der Waals surface area contributed by atoms with Gasteiger partial charge in [-0.2, -0.15) is 73.2 Å². The number of amidine groups is 1. The number of nitrogens with two attached hydrogens (primary N) is 1. The fourth-order valence-corrected chi connectivity index (χ4v) is 6.89. The van der Waals surface area contributed by atoms with Crippen molar-refractivity contribution in [1.82, 2.24) is 0 Å². The highest BCUT2D eigenvalue weighted by Crippen LogP contribution is 2.25. The lowest BCUT2D eigenvalue weighted by Gasteiger charge is -2.19. The van der Waals surface area contributed by atoms with Crippen LogP contribution in [0.2, 0.25) is 0 Å². The van der Waals surface area contributed by atoms with Crippen molar-refractivity contribution in [2.24, 2.45) is 5.73 Å². The van der Waals surface area contributed by atoms with Gasteiger partial charge in [0.15, 0.2) is 5.17 Å². The fraction of sp³-hybridized carbons (Fsp3) is 0.909. The van der Waals surface area contributed by atoms with Crippen molar-refractivity contribution in [3.8, 4) is 0 Å². The Labute approximate surface area is 156 Å². The maximum Gasteiger partial charge on any atom is 0.151 e. The molecule has 0 saturated heterocycles. The monoisotopic (exact) mass is 408 g/mol. The van der Waals surface area contributed by atoms with E-state index in [-0.39, 0.29) is 5.17 Å². The van der Waals surface area contributed by atoms with Crippen molar-refractivity contribution in [3.63, 3.8) is 0 Å². The first kappa shape index (κ1) is 21.9. The van der Waals surface area contributed by atoms with Gasteiger partial charge in [-0.05, 0) is 11.5 Å². The molecule has 0 aliphatic rings. The third-order valence-corrected chi connectivity index (χ3v) is 9.16. The summed E-state index contributed by atoms with van der Waals surface area (Å²) in [7, 11) is 0. The third kappa shape index (κ3) is 13.6. The number of thiol groups is 3. The highest BCUT2D eigenvalue weighted by molar-refractivity contribution is 8.14. The highest BCUT2D eigenvalue weighted by atomic mass is 32.2. The molecule has 0 rings (SSSR count). The average molecular weight is 409 g/mol. The number of hydrogen-bond donors (Lipinski definition) is 5. The molecule has 2 nitrogen and oxygen atoms in total. The van der Waals surface area contributed by atoms with Crippen LogP contribution in [-0.2, 0) is 0 Å². The largest absolute Gasteiger partial charge is 0.379 e. The average Bonchev–Trinajstić information content (AvgIpc) is 2.44. The van der Waals surface area contributed by atoms with Gasteiger partial charge in [0.25, 0.3) is 0 Å². The predicted octanol–water partition coefficient (Wildman–Crippen LogP) is 3.34. The van der Waals surface area contributed by atoms with E-state index in [1.165, 1.54) is 11.8 Å². The normalized spacial score (nSPS) is 14.2. The van der Waals surface area contributed by atoms with Gasteiger partial charge >= 0.3 is 0 Å². The lowest BCUT2D eigenvalue weighted by molar-refractivity contribution is 1.10. The predicted molar refractivity (Wildman–Crippen MR) is 116 cm³/mol. The molecule has 0 radical (unpaired) electrons. The summed E-state index contributed by atoms with van der Waals surface area (Å²) in [6, 6.07) is 0. The second kappa shape index (κ2) is 15.8. The van der Waals surface area contributed by atoms with Gasteiger partial charge in [0.1, 0.15) is 0 Å².